The largest absolute Gasteiger partial charge is 0.337 e. The average molecular weight is 398 g/mol. The third-order valence-electron chi connectivity index (χ3n) is 4.70. The SMILES string of the molecule is C[C@@H](NC/C=C/C#CCCNC(=O)Nc1ccccc1)c1cccc2ccccc12. The van der Waals surface area contributed by atoms with Gasteiger partial charge < -0.3 is 16.0 Å². The van der Waals surface area contributed by atoms with Gasteiger partial charge in [-0.1, -0.05) is 78.6 Å². The molecule has 3 rings (SSSR count). The molecule has 2 amide bonds. The van der Waals surface area contributed by atoms with Gasteiger partial charge in [0, 0.05) is 31.2 Å². The van der Waals surface area contributed by atoms with E-state index < -0.39 is 0 Å². The first-order valence-electron chi connectivity index (χ1n) is 10.2. The predicted octanol–water partition coefficient (Wildman–Crippen LogP) is 5.26. The number of benzene rings is 3. The molecule has 3 aromatic carbocycles. The van der Waals surface area contributed by atoms with Gasteiger partial charge in [-0.2, -0.15) is 0 Å². The number of carbonyl (C=O) groups is 1. The van der Waals surface area contributed by atoms with Crippen LogP contribution in [0.1, 0.15) is 24.9 Å². The summed E-state index contributed by atoms with van der Waals surface area (Å²) in [6.07, 6.45) is 4.48. The first kappa shape index (κ1) is 21.2. The molecule has 0 heterocycles. The number of nitrogens with one attached hydrogen (secondary N) is 3. The number of para-hydroxylation sites is 1. The molecule has 0 radical (unpaired) electrons. The molecule has 0 fully saturated rings. The van der Waals surface area contributed by atoms with E-state index in [1.165, 1.54) is 16.3 Å². The lowest BCUT2D eigenvalue weighted by molar-refractivity contribution is 0.252. The van der Waals surface area contributed by atoms with Crippen molar-refractivity contribution in [2.24, 2.45) is 0 Å². The number of carbonyl (C=O) groups excluding carboxylic acids is 1. The third kappa shape index (κ3) is 6.51. The van der Waals surface area contributed by atoms with Crippen molar-refractivity contribution in [1.82, 2.24) is 10.6 Å². The number of rotatable bonds is 7. The Balaban J connectivity index is 1.34. The van der Waals surface area contributed by atoms with Crippen LogP contribution < -0.4 is 16.0 Å². The Bertz CT molecular complexity index is 1040. The zero-order valence-corrected chi connectivity index (χ0v) is 17.2. The fourth-order valence-corrected chi connectivity index (χ4v) is 3.17. The van der Waals surface area contributed by atoms with Crippen molar-refractivity contribution in [3.8, 4) is 11.8 Å². The van der Waals surface area contributed by atoms with Crippen molar-refractivity contribution in [2.75, 3.05) is 18.4 Å². The van der Waals surface area contributed by atoms with E-state index in [4.69, 9.17) is 0 Å². The first-order chi connectivity index (χ1) is 14.7. The van der Waals surface area contributed by atoms with E-state index >= 15 is 0 Å². The van der Waals surface area contributed by atoms with Crippen molar-refractivity contribution in [1.29, 1.82) is 0 Å². The maximum absolute atomic E-state index is 11.8. The summed E-state index contributed by atoms with van der Waals surface area (Å²) in [6, 6.07) is 24.3. The minimum Gasteiger partial charge on any atom is -0.337 e. The topological polar surface area (TPSA) is 53.2 Å². The van der Waals surface area contributed by atoms with Gasteiger partial charge in [0.1, 0.15) is 0 Å². The second kappa shape index (κ2) is 11.5. The molecule has 0 aliphatic rings. The molecule has 0 unspecified atom stereocenters. The fourth-order valence-electron chi connectivity index (χ4n) is 3.17. The average Bonchev–Trinajstić information content (AvgIpc) is 2.78. The summed E-state index contributed by atoms with van der Waals surface area (Å²) in [5.74, 6) is 6.05. The predicted molar refractivity (Wildman–Crippen MR) is 125 cm³/mol. The number of anilines is 1. The summed E-state index contributed by atoms with van der Waals surface area (Å²) >= 11 is 0. The van der Waals surface area contributed by atoms with Gasteiger partial charge in [-0.15, -0.1) is 0 Å². The highest BCUT2D eigenvalue weighted by Gasteiger charge is 2.07. The molecule has 3 N–H and O–H groups in total. The number of amides is 2. The summed E-state index contributed by atoms with van der Waals surface area (Å²) in [6.45, 7) is 3.43. The lowest BCUT2D eigenvalue weighted by atomic mass is 10.00. The molecule has 0 saturated heterocycles. The number of hydrogen-bond acceptors (Lipinski definition) is 2. The summed E-state index contributed by atoms with van der Waals surface area (Å²) < 4.78 is 0. The van der Waals surface area contributed by atoms with E-state index in [1.807, 2.05) is 42.5 Å². The zero-order valence-electron chi connectivity index (χ0n) is 17.2. The Kier molecular flexibility index (Phi) is 8.08. The normalized spacial score (nSPS) is 11.6. The maximum Gasteiger partial charge on any atom is 0.319 e. The Morgan fingerprint density at radius 3 is 2.63 bits per heavy atom. The number of allylic oxidation sites excluding steroid dienone is 1. The van der Waals surface area contributed by atoms with Gasteiger partial charge in [-0.25, -0.2) is 4.79 Å². The molecule has 0 aliphatic carbocycles. The van der Waals surface area contributed by atoms with Crippen molar-refractivity contribution in [2.45, 2.75) is 19.4 Å². The van der Waals surface area contributed by atoms with Gasteiger partial charge >= 0.3 is 6.03 Å². The van der Waals surface area contributed by atoms with Gasteiger partial charge in [0.15, 0.2) is 0 Å². The van der Waals surface area contributed by atoms with Crippen molar-refractivity contribution in [3.63, 3.8) is 0 Å². The van der Waals surface area contributed by atoms with Crippen LogP contribution in [0, 0.1) is 11.8 Å². The molecule has 0 aromatic heterocycles. The van der Waals surface area contributed by atoms with E-state index in [2.05, 4.69) is 77.2 Å². The summed E-state index contributed by atoms with van der Waals surface area (Å²) in [5, 5.41) is 11.6. The number of hydrogen-bond donors (Lipinski definition) is 3. The highest BCUT2D eigenvalue weighted by molar-refractivity contribution is 5.89. The van der Waals surface area contributed by atoms with E-state index in [9.17, 15) is 4.79 Å². The van der Waals surface area contributed by atoms with Crippen LogP contribution >= 0.6 is 0 Å². The summed E-state index contributed by atoms with van der Waals surface area (Å²) in [7, 11) is 0. The van der Waals surface area contributed by atoms with Crippen LogP contribution in [0.2, 0.25) is 0 Å². The van der Waals surface area contributed by atoms with Gasteiger partial charge in [0.25, 0.3) is 0 Å². The van der Waals surface area contributed by atoms with E-state index in [1.54, 1.807) is 0 Å². The highest BCUT2D eigenvalue weighted by atomic mass is 16.2. The molecular weight excluding hydrogens is 370 g/mol. The second-order valence-electron chi connectivity index (χ2n) is 6.92. The minimum atomic E-state index is -0.217. The summed E-state index contributed by atoms with van der Waals surface area (Å²) in [4.78, 5) is 11.8. The van der Waals surface area contributed by atoms with Crippen LogP contribution in [0.15, 0.2) is 84.9 Å². The zero-order chi connectivity index (χ0) is 21.0. The monoisotopic (exact) mass is 397 g/mol. The molecule has 1 atom stereocenters. The lowest BCUT2D eigenvalue weighted by Gasteiger charge is -2.15. The van der Waals surface area contributed by atoms with Crippen LogP contribution in [0.4, 0.5) is 10.5 Å². The molecule has 0 bridgehead atoms. The Hall–Kier alpha value is -3.55. The molecule has 0 aliphatic heterocycles. The van der Waals surface area contributed by atoms with E-state index in [0.29, 0.717) is 13.0 Å². The third-order valence-corrected chi connectivity index (χ3v) is 4.70. The number of fused-ring (bicyclic) bond motifs is 1. The minimum absolute atomic E-state index is 0.217. The molecule has 30 heavy (non-hydrogen) atoms. The Morgan fingerprint density at radius 2 is 1.77 bits per heavy atom. The molecule has 4 nitrogen and oxygen atoms in total. The van der Waals surface area contributed by atoms with Crippen LogP contribution in [-0.2, 0) is 0 Å². The number of urea groups is 1. The van der Waals surface area contributed by atoms with Crippen LogP contribution in [0.25, 0.3) is 10.8 Å². The quantitative estimate of drug-likeness (QED) is 0.376. The van der Waals surface area contributed by atoms with Gasteiger partial charge in [-0.3, -0.25) is 0 Å². The summed E-state index contributed by atoms with van der Waals surface area (Å²) in [5.41, 5.74) is 2.07. The van der Waals surface area contributed by atoms with Crippen molar-refractivity contribution in [3.05, 3.63) is 90.5 Å². The van der Waals surface area contributed by atoms with Crippen LogP contribution in [0.5, 0.6) is 0 Å². The highest BCUT2D eigenvalue weighted by Crippen LogP contribution is 2.23. The second-order valence-corrected chi connectivity index (χ2v) is 6.92. The molecule has 0 spiro atoms. The first-order valence-corrected chi connectivity index (χ1v) is 10.2. The standard InChI is InChI=1S/C26H27N3O/c1-21(24-18-12-14-22-13-8-9-17-25(22)24)27-19-10-3-2-4-11-20-28-26(30)29-23-15-6-5-7-16-23/h3,5-10,12-18,21,27H,11,19-20H2,1H3,(H2,28,29,30)/b10-3+/t21-/m1/s1. The Morgan fingerprint density at radius 1 is 1.00 bits per heavy atom. The van der Waals surface area contributed by atoms with Crippen LogP contribution in [0.3, 0.4) is 0 Å². The Labute approximate surface area is 178 Å². The van der Waals surface area contributed by atoms with Crippen molar-refractivity contribution < 1.29 is 4.79 Å². The maximum atomic E-state index is 11.8. The van der Waals surface area contributed by atoms with Crippen LogP contribution in [-0.4, -0.2) is 19.1 Å². The lowest BCUT2D eigenvalue weighted by Crippen LogP contribution is -2.29. The molecular formula is C26H27N3O. The van der Waals surface area contributed by atoms with E-state index in [0.717, 1.165) is 12.2 Å². The van der Waals surface area contributed by atoms with Crippen molar-refractivity contribution >= 4 is 22.5 Å². The van der Waals surface area contributed by atoms with Gasteiger partial charge in [0.2, 0.25) is 0 Å². The van der Waals surface area contributed by atoms with Gasteiger partial charge in [-0.05, 0) is 41.5 Å². The van der Waals surface area contributed by atoms with Gasteiger partial charge in [0.05, 0.1) is 0 Å². The fraction of sp³-hybridized carbons (Fsp3) is 0.192. The van der Waals surface area contributed by atoms with E-state index in [-0.39, 0.29) is 12.1 Å². The smallest absolute Gasteiger partial charge is 0.319 e. The molecule has 4 heteroatoms. The molecule has 0 saturated carbocycles. The molecule has 3 aromatic rings. The molecule has 152 valence electrons.